The summed E-state index contributed by atoms with van der Waals surface area (Å²) in [4.78, 5) is 0.176. The second kappa shape index (κ2) is 8.25. The zero-order chi connectivity index (χ0) is 21.1. The summed E-state index contributed by atoms with van der Waals surface area (Å²) in [6.45, 7) is 1.90. The van der Waals surface area contributed by atoms with Crippen LogP contribution in [0, 0.1) is 6.92 Å². The summed E-state index contributed by atoms with van der Waals surface area (Å²) in [6.07, 6.45) is -0.990. The van der Waals surface area contributed by atoms with Crippen LogP contribution in [0.1, 0.15) is 5.56 Å². The zero-order valence-corrected chi connectivity index (χ0v) is 17.3. The van der Waals surface area contributed by atoms with Gasteiger partial charge < -0.3 is 5.11 Å². The molecule has 0 bridgehead atoms. The van der Waals surface area contributed by atoms with Crippen LogP contribution in [0.25, 0.3) is 11.0 Å². The van der Waals surface area contributed by atoms with E-state index < -0.39 is 16.1 Å². The molecule has 0 spiro atoms. The Morgan fingerprint density at radius 1 is 0.967 bits per heavy atom. The van der Waals surface area contributed by atoms with Gasteiger partial charge in [0.2, 0.25) is 0 Å². The molecule has 1 N–H and O–H groups in total. The number of aromatic nitrogens is 3. The fraction of sp³-hybridized carbons (Fsp3) is 0.182. The first-order valence-electron chi connectivity index (χ1n) is 9.56. The highest BCUT2D eigenvalue weighted by Gasteiger charge is 2.27. The van der Waals surface area contributed by atoms with E-state index in [9.17, 15) is 13.5 Å². The molecular weight excluding hydrogens is 400 g/mol. The number of aryl methyl sites for hydroxylation is 1. The van der Waals surface area contributed by atoms with Gasteiger partial charge in [-0.15, -0.1) is 5.10 Å². The van der Waals surface area contributed by atoms with Gasteiger partial charge in [-0.2, -0.15) is 0 Å². The van der Waals surface area contributed by atoms with Gasteiger partial charge in [0.15, 0.2) is 0 Å². The predicted octanol–water partition coefficient (Wildman–Crippen LogP) is 3.00. The van der Waals surface area contributed by atoms with Crippen LogP contribution in [0.5, 0.6) is 0 Å². The van der Waals surface area contributed by atoms with Gasteiger partial charge in [-0.1, -0.05) is 53.2 Å². The van der Waals surface area contributed by atoms with Crippen molar-refractivity contribution in [3.63, 3.8) is 0 Å². The quantitative estimate of drug-likeness (QED) is 0.495. The summed E-state index contributed by atoms with van der Waals surface area (Å²) in [6, 6.07) is 22.9. The van der Waals surface area contributed by atoms with Crippen molar-refractivity contribution in [2.75, 3.05) is 10.8 Å². The number of hydrogen-bond acceptors (Lipinski definition) is 5. The maximum atomic E-state index is 13.4. The van der Waals surface area contributed by atoms with Crippen molar-refractivity contribution in [2.45, 2.75) is 24.5 Å². The summed E-state index contributed by atoms with van der Waals surface area (Å²) >= 11 is 0. The molecule has 3 aromatic carbocycles. The van der Waals surface area contributed by atoms with Crippen LogP contribution in [0.2, 0.25) is 0 Å². The standard InChI is InChI=1S/C22H22N4O3S/c1-17-11-13-20(14-12-17)30(28,29)26(18-7-3-2-4-8-18)16-19(27)15-25-22-10-6-5-9-21(22)23-24-25/h2-14,19,27H,15-16H2,1H3/t19-/m1/s1. The van der Waals surface area contributed by atoms with E-state index in [-0.39, 0.29) is 18.0 Å². The number of rotatable bonds is 7. The van der Waals surface area contributed by atoms with Crippen molar-refractivity contribution >= 4 is 26.7 Å². The summed E-state index contributed by atoms with van der Waals surface area (Å²) in [5.74, 6) is 0. The lowest BCUT2D eigenvalue weighted by molar-refractivity contribution is 0.159. The number of fused-ring (bicyclic) bond motifs is 1. The second-order valence-electron chi connectivity index (χ2n) is 7.10. The molecule has 0 aliphatic heterocycles. The fourth-order valence-corrected chi connectivity index (χ4v) is 4.78. The third-order valence-electron chi connectivity index (χ3n) is 4.83. The van der Waals surface area contributed by atoms with Crippen molar-refractivity contribution < 1.29 is 13.5 Å². The molecule has 154 valence electrons. The van der Waals surface area contributed by atoms with Gasteiger partial charge in [-0.3, -0.25) is 4.31 Å². The van der Waals surface area contributed by atoms with Crippen molar-refractivity contribution in [1.82, 2.24) is 15.0 Å². The van der Waals surface area contributed by atoms with E-state index in [4.69, 9.17) is 0 Å². The minimum Gasteiger partial charge on any atom is -0.389 e. The predicted molar refractivity (Wildman–Crippen MR) is 116 cm³/mol. The molecule has 0 unspecified atom stereocenters. The first kappa shape index (κ1) is 20.1. The van der Waals surface area contributed by atoms with Crippen LogP contribution in [-0.2, 0) is 16.6 Å². The van der Waals surface area contributed by atoms with Crippen LogP contribution in [0.4, 0.5) is 5.69 Å². The lowest BCUT2D eigenvalue weighted by Gasteiger charge is -2.27. The molecule has 1 heterocycles. The molecule has 1 aromatic heterocycles. The highest BCUT2D eigenvalue weighted by Crippen LogP contribution is 2.24. The highest BCUT2D eigenvalue weighted by molar-refractivity contribution is 7.92. The average molecular weight is 423 g/mol. The Labute approximate surface area is 175 Å². The van der Waals surface area contributed by atoms with Gasteiger partial charge in [0.05, 0.1) is 35.3 Å². The van der Waals surface area contributed by atoms with Gasteiger partial charge in [0.1, 0.15) is 5.52 Å². The summed E-state index contributed by atoms with van der Waals surface area (Å²) in [5.41, 5.74) is 2.96. The first-order valence-corrected chi connectivity index (χ1v) is 11.0. The number of para-hydroxylation sites is 2. The number of sulfonamides is 1. The Kier molecular flexibility index (Phi) is 5.52. The smallest absolute Gasteiger partial charge is 0.264 e. The molecular formula is C22H22N4O3S. The highest BCUT2D eigenvalue weighted by atomic mass is 32.2. The van der Waals surface area contributed by atoms with Crippen molar-refractivity contribution in [3.8, 4) is 0 Å². The number of anilines is 1. The average Bonchev–Trinajstić information content (AvgIpc) is 3.16. The number of nitrogens with zero attached hydrogens (tertiary/aromatic N) is 4. The maximum Gasteiger partial charge on any atom is 0.264 e. The van der Waals surface area contributed by atoms with Gasteiger partial charge in [-0.25, -0.2) is 13.1 Å². The Bertz CT molecular complexity index is 1240. The van der Waals surface area contributed by atoms with E-state index in [1.54, 1.807) is 53.2 Å². The monoisotopic (exact) mass is 422 g/mol. The third-order valence-corrected chi connectivity index (χ3v) is 6.64. The maximum absolute atomic E-state index is 13.4. The lowest BCUT2D eigenvalue weighted by atomic mass is 10.2. The molecule has 1 atom stereocenters. The van der Waals surface area contributed by atoms with Crippen LogP contribution < -0.4 is 4.31 Å². The van der Waals surface area contributed by atoms with E-state index in [1.165, 1.54) is 4.31 Å². The van der Waals surface area contributed by atoms with Gasteiger partial charge in [0.25, 0.3) is 10.0 Å². The molecule has 0 aliphatic carbocycles. The Morgan fingerprint density at radius 3 is 2.37 bits per heavy atom. The minimum absolute atomic E-state index is 0.117. The topological polar surface area (TPSA) is 88.3 Å². The van der Waals surface area contributed by atoms with Gasteiger partial charge >= 0.3 is 0 Å². The van der Waals surface area contributed by atoms with Crippen LogP contribution in [0.15, 0.2) is 83.8 Å². The van der Waals surface area contributed by atoms with E-state index in [2.05, 4.69) is 10.3 Å². The first-order chi connectivity index (χ1) is 14.4. The minimum atomic E-state index is -3.86. The van der Waals surface area contributed by atoms with Crippen LogP contribution >= 0.6 is 0 Å². The van der Waals surface area contributed by atoms with E-state index >= 15 is 0 Å². The molecule has 30 heavy (non-hydrogen) atoms. The summed E-state index contributed by atoms with van der Waals surface area (Å²) < 4.78 is 29.6. The number of aliphatic hydroxyl groups is 1. The third kappa shape index (κ3) is 4.05. The van der Waals surface area contributed by atoms with Crippen molar-refractivity contribution in [3.05, 3.63) is 84.4 Å². The Hall–Kier alpha value is -3.23. The molecule has 4 aromatic rings. The number of benzene rings is 3. The SMILES string of the molecule is Cc1ccc(S(=O)(=O)N(C[C@H](O)Cn2nnc3ccccc32)c2ccccc2)cc1. The molecule has 0 radical (unpaired) electrons. The zero-order valence-electron chi connectivity index (χ0n) is 16.5. The normalized spacial score (nSPS) is 12.7. The fourth-order valence-electron chi connectivity index (χ4n) is 3.28. The number of aliphatic hydroxyl groups excluding tert-OH is 1. The molecule has 0 fully saturated rings. The second-order valence-corrected chi connectivity index (χ2v) is 8.96. The van der Waals surface area contributed by atoms with Crippen molar-refractivity contribution in [2.24, 2.45) is 0 Å². The molecule has 8 heteroatoms. The molecule has 0 aliphatic rings. The molecule has 4 rings (SSSR count). The summed E-state index contributed by atoms with van der Waals surface area (Å²) in [7, 11) is -3.86. The van der Waals surface area contributed by atoms with Gasteiger partial charge in [-0.05, 0) is 43.3 Å². The van der Waals surface area contributed by atoms with Crippen molar-refractivity contribution in [1.29, 1.82) is 0 Å². The van der Waals surface area contributed by atoms with Crippen LogP contribution in [-0.4, -0.2) is 41.2 Å². The number of hydrogen-bond donors (Lipinski definition) is 1. The van der Waals surface area contributed by atoms with E-state index in [0.717, 1.165) is 16.6 Å². The largest absolute Gasteiger partial charge is 0.389 e. The Balaban J connectivity index is 1.64. The van der Waals surface area contributed by atoms with Crippen LogP contribution in [0.3, 0.4) is 0 Å². The van der Waals surface area contributed by atoms with E-state index in [1.807, 2.05) is 37.3 Å². The molecule has 0 amide bonds. The molecule has 7 nitrogen and oxygen atoms in total. The van der Waals surface area contributed by atoms with Gasteiger partial charge in [0, 0.05) is 0 Å². The summed E-state index contributed by atoms with van der Waals surface area (Å²) in [5, 5.41) is 18.9. The lowest BCUT2D eigenvalue weighted by Crippen LogP contribution is -2.39. The van der Waals surface area contributed by atoms with E-state index in [0.29, 0.717) is 5.69 Å². The molecule has 0 saturated heterocycles. The molecule has 0 saturated carbocycles. The Morgan fingerprint density at radius 2 is 1.63 bits per heavy atom.